The number of carbonyl (C=O) groups excluding carboxylic acids is 1. The summed E-state index contributed by atoms with van der Waals surface area (Å²) < 4.78 is 6.45. The Bertz CT molecular complexity index is 963. The van der Waals surface area contributed by atoms with E-state index in [2.05, 4.69) is 10.6 Å². The molecule has 28 heavy (non-hydrogen) atoms. The van der Waals surface area contributed by atoms with Gasteiger partial charge in [0.05, 0.1) is 22.3 Å². The van der Waals surface area contributed by atoms with Crippen molar-refractivity contribution in [2.45, 2.75) is 25.2 Å². The summed E-state index contributed by atoms with van der Waals surface area (Å²) in [6.07, 6.45) is 3.00. The Kier molecular flexibility index (Phi) is 5.88. The Morgan fingerprint density at radius 1 is 1.25 bits per heavy atom. The predicted octanol–water partition coefficient (Wildman–Crippen LogP) is 3.74. The number of piperidine rings is 1. The molecule has 1 aromatic heterocycles. The molecule has 0 radical (unpaired) electrons. The molecule has 5 nitrogen and oxygen atoms in total. The standard InChI is InChI=1S/C22H25N3O2S/c1-27-19-5-3-2-4-15(19)10-13-24-21(26)17-6-7-18-20(14-17)28-22(25-18)16-8-11-23-12-9-16/h2-7,14,16,23H,8-13H2,1H3,(H,24,26). The van der Waals surface area contributed by atoms with E-state index in [1.807, 2.05) is 42.5 Å². The number of rotatable bonds is 6. The largest absolute Gasteiger partial charge is 0.496 e. The van der Waals surface area contributed by atoms with Crippen LogP contribution in [0.15, 0.2) is 42.5 Å². The van der Waals surface area contributed by atoms with Crippen LogP contribution in [0.25, 0.3) is 10.2 Å². The number of nitrogens with one attached hydrogen (secondary N) is 2. The number of fused-ring (bicyclic) bond motifs is 1. The fourth-order valence-corrected chi connectivity index (χ4v) is 4.83. The zero-order valence-corrected chi connectivity index (χ0v) is 16.8. The van der Waals surface area contributed by atoms with Gasteiger partial charge in [0.1, 0.15) is 5.75 Å². The molecule has 0 aliphatic carbocycles. The van der Waals surface area contributed by atoms with Crippen LogP contribution >= 0.6 is 11.3 Å². The highest BCUT2D eigenvalue weighted by molar-refractivity contribution is 7.18. The SMILES string of the molecule is COc1ccccc1CCNC(=O)c1ccc2nc(C3CCNCC3)sc2c1. The zero-order valence-electron chi connectivity index (χ0n) is 16.0. The molecule has 1 fully saturated rings. The Balaban J connectivity index is 1.41. The smallest absolute Gasteiger partial charge is 0.251 e. The van der Waals surface area contributed by atoms with Gasteiger partial charge in [0.2, 0.25) is 0 Å². The number of hydrogen-bond donors (Lipinski definition) is 2. The number of ether oxygens (including phenoxy) is 1. The van der Waals surface area contributed by atoms with E-state index in [1.54, 1.807) is 18.4 Å². The summed E-state index contributed by atoms with van der Waals surface area (Å²) in [5, 5.41) is 7.61. The van der Waals surface area contributed by atoms with Gasteiger partial charge < -0.3 is 15.4 Å². The molecule has 0 unspecified atom stereocenters. The number of hydrogen-bond acceptors (Lipinski definition) is 5. The monoisotopic (exact) mass is 395 g/mol. The second-order valence-corrected chi connectivity index (χ2v) is 8.14. The van der Waals surface area contributed by atoms with Gasteiger partial charge in [-0.3, -0.25) is 4.79 Å². The lowest BCUT2D eigenvalue weighted by Gasteiger charge is -2.20. The molecule has 0 saturated carbocycles. The molecule has 2 heterocycles. The molecular weight excluding hydrogens is 370 g/mol. The van der Waals surface area contributed by atoms with E-state index in [9.17, 15) is 4.79 Å². The predicted molar refractivity (Wildman–Crippen MR) is 113 cm³/mol. The van der Waals surface area contributed by atoms with Gasteiger partial charge in [-0.15, -0.1) is 11.3 Å². The number of amides is 1. The summed E-state index contributed by atoms with van der Waals surface area (Å²) in [6, 6.07) is 13.7. The molecule has 2 aromatic carbocycles. The van der Waals surface area contributed by atoms with E-state index in [1.165, 1.54) is 5.01 Å². The van der Waals surface area contributed by atoms with Crippen molar-refractivity contribution in [3.8, 4) is 5.75 Å². The van der Waals surface area contributed by atoms with Gasteiger partial charge in [-0.1, -0.05) is 18.2 Å². The second kappa shape index (κ2) is 8.71. The summed E-state index contributed by atoms with van der Waals surface area (Å²) in [4.78, 5) is 17.4. The number of carbonyl (C=O) groups is 1. The summed E-state index contributed by atoms with van der Waals surface area (Å²) in [5.41, 5.74) is 2.77. The lowest BCUT2D eigenvalue weighted by molar-refractivity contribution is 0.0954. The summed E-state index contributed by atoms with van der Waals surface area (Å²) in [7, 11) is 1.67. The molecule has 1 aliphatic rings. The highest BCUT2D eigenvalue weighted by Crippen LogP contribution is 2.32. The maximum Gasteiger partial charge on any atom is 0.251 e. The van der Waals surface area contributed by atoms with Crippen molar-refractivity contribution in [3.05, 3.63) is 58.6 Å². The molecule has 2 N–H and O–H groups in total. The van der Waals surface area contributed by atoms with E-state index >= 15 is 0 Å². The van der Waals surface area contributed by atoms with Gasteiger partial charge in [-0.25, -0.2) is 4.98 Å². The van der Waals surface area contributed by atoms with Crippen molar-refractivity contribution in [2.24, 2.45) is 0 Å². The van der Waals surface area contributed by atoms with Crippen molar-refractivity contribution in [2.75, 3.05) is 26.7 Å². The van der Waals surface area contributed by atoms with Crippen molar-refractivity contribution in [3.63, 3.8) is 0 Å². The number of methoxy groups -OCH3 is 1. The summed E-state index contributed by atoms with van der Waals surface area (Å²) in [6.45, 7) is 2.68. The maximum absolute atomic E-state index is 12.6. The first kappa shape index (κ1) is 18.9. The number of para-hydroxylation sites is 1. The molecule has 0 bridgehead atoms. The molecule has 0 atom stereocenters. The minimum Gasteiger partial charge on any atom is -0.496 e. The van der Waals surface area contributed by atoms with Crippen molar-refractivity contribution in [1.82, 2.24) is 15.6 Å². The first-order chi connectivity index (χ1) is 13.7. The molecule has 4 rings (SSSR count). The number of aromatic nitrogens is 1. The van der Waals surface area contributed by atoms with Gasteiger partial charge in [0, 0.05) is 18.0 Å². The van der Waals surface area contributed by atoms with E-state index in [0.29, 0.717) is 18.0 Å². The van der Waals surface area contributed by atoms with Crippen molar-refractivity contribution < 1.29 is 9.53 Å². The molecular formula is C22H25N3O2S. The fraction of sp³-hybridized carbons (Fsp3) is 0.364. The van der Waals surface area contributed by atoms with Gasteiger partial charge in [-0.2, -0.15) is 0 Å². The number of thiazole rings is 1. The minimum absolute atomic E-state index is 0.0476. The van der Waals surface area contributed by atoms with Gasteiger partial charge >= 0.3 is 0 Å². The number of benzene rings is 2. The van der Waals surface area contributed by atoms with Crippen LogP contribution in [0.1, 0.15) is 39.7 Å². The van der Waals surface area contributed by atoms with E-state index in [4.69, 9.17) is 9.72 Å². The Labute approximate surface area is 169 Å². The molecule has 3 aromatic rings. The minimum atomic E-state index is -0.0476. The first-order valence-electron chi connectivity index (χ1n) is 9.76. The number of nitrogens with zero attached hydrogens (tertiary/aromatic N) is 1. The summed E-state index contributed by atoms with van der Waals surface area (Å²) >= 11 is 1.73. The molecule has 0 spiro atoms. The van der Waals surface area contributed by atoms with Crippen LogP contribution in [0.5, 0.6) is 5.75 Å². The average molecular weight is 396 g/mol. The van der Waals surface area contributed by atoms with Crippen molar-refractivity contribution in [1.29, 1.82) is 0 Å². The van der Waals surface area contributed by atoms with E-state index in [-0.39, 0.29) is 5.91 Å². The Morgan fingerprint density at radius 3 is 2.89 bits per heavy atom. The van der Waals surface area contributed by atoms with Gasteiger partial charge in [0.25, 0.3) is 5.91 Å². The zero-order chi connectivity index (χ0) is 19.3. The van der Waals surface area contributed by atoms with Crippen LogP contribution in [0.4, 0.5) is 0 Å². The molecule has 1 aliphatic heterocycles. The normalized spacial score (nSPS) is 14.9. The average Bonchev–Trinajstić information content (AvgIpc) is 3.18. The fourth-order valence-electron chi connectivity index (χ4n) is 3.65. The van der Waals surface area contributed by atoms with E-state index in [0.717, 1.165) is 53.9 Å². The lowest BCUT2D eigenvalue weighted by Crippen LogP contribution is -2.26. The topological polar surface area (TPSA) is 63.2 Å². The van der Waals surface area contributed by atoms with Crippen LogP contribution in [-0.2, 0) is 6.42 Å². The highest BCUT2D eigenvalue weighted by Gasteiger charge is 2.19. The summed E-state index contributed by atoms with van der Waals surface area (Å²) in [5.74, 6) is 1.35. The van der Waals surface area contributed by atoms with Crippen LogP contribution < -0.4 is 15.4 Å². The van der Waals surface area contributed by atoms with Gasteiger partial charge in [0.15, 0.2) is 0 Å². The third-order valence-electron chi connectivity index (χ3n) is 5.23. The highest BCUT2D eigenvalue weighted by atomic mass is 32.1. The molecule has 146 valence electrons. The van der Waals surface area contributed by atoms with Crippen LogP contribution in [-0.4, -0.2) is 37.6 Å². The van der Waals surface area contributed by atoms with Crippen LogP contribution in [0, 0.1) is 0 Å². The first-order valence-corrected chi connectivity index (χ1v) is 10.6. The molecule has 1 saturated heterocycles. The molecule has 6 heteroatoms. The van der Waals surface area contributed by atoms with Crippen LogP contribution in [0.3, 0.4) is 0 Å². The Hall–Kier alpha value is -2.44. The van der Waals surface area contributed by atoms with Gasteiger partial charge in [-0.05, 0) is 62.2 Å². The van der Waals surface area contributed by atoms with Crippen molar-refractivity contribution >= 4 is 27.5 Å². The Morgan fingerprint density at radius 2 is 2.07 bits per heavy atom. The maximum atomic E-state index is 12.6. The quantitative estimate of drug-likeness (QED) is 0.667. The third kappa shape index (κ3) is 4.18. The lowest BCUT2D eigenvalue weighted by atomic mass is 9.99. The second-order valence-electron chi connectivity index (χ2n) is 7.08. The van der Waals surface area contributed by atoms with E-state index < -0.39 is 0 Å². The van der Waals surface area contributed by atoms with Crippen LogP contribution in [0.2, 0.25) is 0 Å². The third-order valence-corrected chi connectivity index (χ3v) is 6.41. The molecule has 1 amide bonds.